The summed E-state index contributed by atoms with van der Waals surface area (Å²) in [5.41, 5.74) is 0.817. The number of thioether (sulfide) groups is 1. The number of rotatable bonds is 2. The van der Waals surface area contributed by atoms with Gasteiger partial charge in [0.05, 0.1) is 4.91 Å². The third kappa shape index (κ3) is 1.98. The van der Waals surface area contributed by atoms with Crippen molar-refractivity contribution in [1.29, 1.82) is 0 Å². The Bertz CT molecular complexity index is 643. The van der Waals surface area contributed by atoms with Crippen LogP contribution in [0.2, 0.25) is 0 Å². The Morgan fingerprint density at radius 2 is 2.28 bits per heavy atom. The van der Waals surface area contributed by atoms with Gasteiger partial charge in [-0.2, -0.15) is 0 Å². The van der Waals surface area contributed by atoms with Crippen molar-refractivity contribution < 1.29 is 9.59 Å². The zero-order valence-electron chi connectivity index (χ0n) is 8.99. The molecule has 1 aliphatic rings. The molecule has 0 spiro atoms. The maximum atomic E-state index is 11.5. The molecule has 1 saturated heterocycles. The lowest BCUT2D eigenvalue weighted by atomic mass is 10.3. The Labute approximate surface area is 111 Å². The predicted octanol–water partition coefficient (Wildman–Crippen LogP) is 2.26. The number of imide groups is 1. The first-order valence-electron chi connectivity index (χ1n) is 5.06. The first-order chi connectivity index (χ1) is 8.74. The predicted molar refractivity (Wildman–Crippen MR) is 70.5 cm³/mol. The minimum Gasteiger partial charge on any atom is -0.293 e. The van der Waals surface area contributed by atoms with Crippen LogP contribution in [0.4, 0.5) is 4.79 Å². The zero-order valence-corrected chi connectivity index (χ0v) is 10.6. The molecule has 1 fully saturated rings. The minimum absolute atomic E-state index is 0.335. The number of carbonyl (C=O) groups is 2. The summed E-state index contributed by atoms with van der Waals surface area (Å²) in [5, 5.41) is 4.60. The molecule has 1 aliphatic heterocycles. The number of hydrogen-bond donors (Lipinski definition) is 1. The Morgan fingerprint density at radius 1 is 1.39 bits per heavy atom. The summed E-state index contributed by atoms with van der Waals surface area (Å²) in [6.07, 6.45) is 5.27. The molecule has 0 saturated carbocycles. The van der Waals surface area contributed by atoms with Crippen LogP contribution in [0.5, 0.6) is 0 Å². The van der Waals surface area contributed by atoms with Crippen LogP contribution in [0.15, 0.2) is 34.8 Å². The minimum atomic E-state index is -0.350. The SMILES string of the molecule is O=C1NC(=O)/C(=C/c2cccn2-c2nccs2)S1. The van der Waals surface area contributed by atoms with Crippen molar-refractivity contribution in [1.82, 2.24) is 14.9 Å². The molecule has 0 radical (unpaired) electrons. The number of nitrogens with zero attached hydrogens (tertiary/aromatic N) is 2. The van der Waals surface area contributed by atoms with Crippen molar-refractivity contribution in [2.24, 2.45) is 0 Å². The van der Waals surface area contributed by atoms with Crippen molar-refractivity contribution in [2.75, 3.05) is 0 Å². The van der Waals surface area contributed by atoms with Gasteiger partial charge in [-0.05, 0) is 30.0 Å². The second-order valence-corrected chi connectivity index (χ2v) is 5.36. The number of thiazole rings is 1. The summed E-state index contributed by atoms with van der Waals surface area (Å²) in [6, 6.07) is 3.73. The summed E-state index contributed by atoms with van der Waals surface area (Å²) in [5.74, 6) is -0.350. The molecular weight excluding hydrogens is 270 g/mol. The Hall–Kier alpha value is -1.86. The molecular formula is C11H7N3O2S2. The number of amides is 2. The Balaban J connectivity index is 2.00. The number of carbonyl (C=O) groups excluding carboxylic acids is 2. The van der Waals surface area contributed by atoms with E-state index in [1.807, 2.05) is 28.3 Å². The lowest BCUT2D eigenvalue weighted by molar-refractivity contribution is -0.115. The van der Waals surface area contributed by atoms with Crippen LogP contribution in [-0.4, -0.2) is 20.7 Å². The first-order valence-corrected chi connectivity index (χ1v) is 6.76. The van der Waals surface area contributed by atoms with E-state index in [1.165, 1.54) is 11.3 Å². The van der Waals surface area contributed by atoms with E-state index in [4.69, 9.17) is 0 Å². The van der Waals surface area contributed by atoms with Gasteiger partial charge in [0.1, 0.15) is 0 Å². The van der Waals surface area contributed by atoms with Gasteiger partial charge >= 0.3 is 0 Å². The summed E-state index contributed by atoms with van der Waals surface area (Å²) in [6.45, 7) is 0. The van der Waals surface area contributed by atoms with E-state index < -0.39 is 0 Å². The molecule has 90 valence electrons. The van der Waals surface area contributed by atoms with Gasteiger partial charge in [0, 0.05) is 23.5 Å². The van der Waals surface area contributed by atoms with Gasteiger partial charge in [-0.25, -0.2) is 4.98 Å². The van der Waals surface area contributed by atoms with Crippen LogP contribution in [0.25, 0.3) is 11.2 Å². The highest BCUT2D eigenvalue weighted by atomic mass is 32.2. The van der Waals surface area contributed by atoms with Crippen LogP contribution in [0, 0.1) is 0 Å². The molecule has 0 aliphatic carbocycles. The van der Waals surface area contributed by atoms with E-state index in [2.05, 4.69) is 10.3 Å². The highest BCUT2D eigenvalue weighted by Gasteiger charge is 2.25. The largest absolute Gasteiger partial charge is 0.293 e. The number of hydrogen-bond acceptors (Lipinski definition) is 5. The Morgan fingerprint density at radius 3 is 2.94 bits per heavy atom. The Kier molecular flexibility index (Phi) is 2.77. The van der Waals surface area contributed by atoms with Crippen molar-refractivity contribution in [3.63, 3.8) is 0 Å². The van der Waals surface area contributed by atoms with Crippen LogP contribution in [-0.2, 0) is 4.79 Å². The fraction of sp³-hybridized carbons (Fsp3) is 0. The second-order valence-electron chi connectivity index (χ2n) is 3.47. The molecule has 0 aromatic carbocycles. The molecule has 7 heteroatoms. The molecule has 2 aromatic heterocycles. The molecule has 0 atom stereocenters. The second kappa shape index (κ2) is 4.43. The normalized spacial score (nSPS) is 17.4. The van der Waals surface area contributed by atoms with Gasteiger partial charge in [-0.1, -0.05) is 0 Å². The molecule has 0 bridgehead atoms. The quantitative estimate of drug-likeness (QED) is 0.855. The molecule has 18 heavy (non-hydrogen) atoms. The smallest absolute Gasteiger partial charge is 0.290 e. The van der Waals surface area contributed by atoms with E-state index in [9.17, 15) is 9.59 Å². The lowest BCUT2D eigenvalue weighted by Crippen LogP contribution is -2.17. The summed E-state index contributed by atoms with van der Waals surface area (Å²) in [4.78, 5) is 27.1. The maximum absolute atomic E-state index is 11.5. The number of nitrogens with one attached hydrogen (secondary N) is 1. The van der Waals surface area contributed by atoms with Gasteiger partial charge in [0.25, 0.3) is 11.1 Å². The topological polar surface area (TPSA) is 64.0 Å². The van der Waals surface area contributed by atoms with Crippen LogP contribution >= 0.6 is 23.1 Å². The molecule has 2 aromatic rings. The molecule has 3 rings (SSSR count). The molecule has 5 nitrogen and oxygen atoms in total. The monoisotopic (exact) mass is 277 g/mol. The number of aromatic nitrogens is 2. The third-order valence-electron chi connectivity index (χ3n) is 2.33. The van der Waals surface area contributed by atoms with Gasteiger partial charge < -0.3 is 0 Å². The highest BCUT2D eigenvalue weighted by Crippen LogP contribution is 2.26. The van der Waals surface area contributed by atoms with E-state index >= 15 is 0 Å². The van der Waals surface area contributed by atoms with Gasteiger partial charge in [-0.3, -0.25) is 19.5 Å². The lowest BCUT2D eigenvalue weighted by Gasteiger charge is -2.01. The molecule has 1 N–H and O–H groups in total. The summed E-state index contributed by atoms with van der Waals surface area (Å²) >= 11 is 2.41. The van der Waals surface area contributed by atoms with E-state index in [0.717, 1.165) is 22.6 Å². The molecule has 2 amide bonds. The van der Waals surface area contributed by atoms with Crippen molar-refractivity contribution in [2.45, 2.75) is 0 Å². The summed E-state index contributed by atoms with van der Waals surface area (Å²) in [7, 11) is 0. The van der Waals surface area contributed by atoms with Crippen molar-refractivity contribution in [3.05, 3.63) is 40.5 Å². The van der Waals surface area contributed by atoms with E-state index in [1.54, 1.807) is 12.3 Å². The van der Waals surface area contributed by atoms with Gasteiger partial charge in [-0.15, -0.1) is 11.3 Å². The van der Waals surface area contributed by atoms with Gasteiger partial charge in [0.15, 0.2) is 5.13 Å². The third-order valence-corrected chi connectivity index (χ3v) is 3.91. The standard InChI is InChI=1S/C11H7N3O2S2/c15-9-8(18-11(16)13-9)6-7-2-1-4-14(7)10-12-3-5-17-10/h1-6H,(H,13,15,16)/b8-6-. The fourth-order valence-corrected chi connectivity index (χ4v) is 2.89. The van der Waals surface area contributed by atoms with Crippen molar-refractivity contribution in [3.8, 4) is 5.13 Å². The maximum Gasteiger partial charge on any atom is 0.290 e. The molecule has 3 heterocycles. The van der Waals surface area contributed by atoms with Gasteiger partial charge in [0.2, 0.25) is 0 Å². The fourth-order valence-electron chi connectivity index (χ4n) is 1.58. The first kappa shape index (κ1) is 11.2. The van der Waals surface area contributed by atoms with Crippen LogP contribution < -0.4 is 5.32 Å². The summed E-state index contributed by atoms with van der Waals surface area (Å²) < 4.78 is 1.87. The van der Waals surface area contributed by atoms with Crippen molar-refractivity contribution >= 4 is 40.3 Å². The van der Waals surface area contributed by atoms with Crippen LogP contribution in [0.1, 0.15) is 5.69 Å². The molecule has 0 unspecified atom stereocenters. The highest BCUT2D eigenvalue weighted by molar-refractivity contribution is 8.18. The van der Waals surface area contributed by atoms with E-state index in [0.29, 0.717) is 4.91 Å². The average molecular weight is 277 g/mol. The van der Waals surface area contributed by atoms with E-state index in [-0.39, 0.29) is 11.1 Å². The zero-order chi connectivity index (χ0) is 12.5. The van der Waals surface area contributed by atoms with Crippen LogP contribution in [0.3, 0.4) is 0 Å². The average Bonchev–Trinajstić information content (AvgIpc) is 3.01.